The zero-order valence-electron chi connectivity index (χ0n) is 11.0. The molecule has 1 atom stereocenters. The van der Waals surface area contributed by atoms with Crippen molar-refractivity contribution in [2.45, 2.75) is 13.0 Å². The van der Waals surface area contributed by atoms with Gasteiger partial charge in [-0.05, 0) is 24.6 Å². The fraction of sp³-hybridized carbons (Fsp3) is 0.143. The summed E-state index contributed by atoms with van der Waals surface area (Å²) in [5.74, 6) is 0.729. The molecular formula is C14H16N4O2. The van der Waals surface area contributed by atoms with Crippen molar-refractivity contribution in [3.63, 3.8) is 0 Å². The van der Waals surface area contributed by atoms with Crippen molar-refractivity contribution in [2.24, 2.45) is 0 Å². The molecule has 0 aliphatic heterocycles. The Morgan fingerprint density at radius 3 is 2.55 bits per heavy atom. The van der Waals surface area contributed by atoms with E-state index >= 15 is 0 Å². The second kappa shape index (κ2) is 5.92. The van der Waals surface area contributed by atoms with Crippen LogP contribution in [-0.4, -0.2) is 16.2 Å². The van der Waals surface area contributed by atoms with Crippen LogP contribution in [0.25, 0.3) is 0 Å². The average molecular weight is 272 g/mol. The van der Waals surface area contributed by atoms with Crippen molar-refractivity contribution in [1.82, 2.24) is 4.98 Å². The lowest BCUT2D eigenvalue weighted by atomic mass is 10.1. The van der Waals surface area contributed by atoms with E-state index in [0.717, 1.165) is 5.56 Å². The van der Waals surface area contributed by atoms with Gasteiger partial charge in [0.1, 0.15) is 11.6 Å². The summed E-state index contributed by atoms with van der Waals surface area (Å²) in [6.07, 6.45) is -1.17. The molecule has 20 heavy (non-hydrogen) atoms. The minimum atomic E-state index is -1.17. The number of amides is 1. The van der Waals surface area contributed by atoms with Crippen LogP contribution in [0.3, 0.4) is 0 Å². The van der Waals surface area contributed by atoms with Gasteiger partial charge in [0.05, 0.1) is 5.69 Å². The lowest BCUT2D eigenvalue weighted by Crippen LogP contribution is -2.12. The standard InChI is InChI=1S/C14H16N4O2/c1-9(10-5-3-2-4-6-10)16-12-8-7-11(13(15)18-12)17-14(19)20/h2-9,17H,1H3,(H,19,20)(H3,15,16,18). The highest BCUT2D eigenvalue weighted by Crippen LogP contribution is 2.22. The third kappa shape index (κ3) is 3.38. The van der Waals surface area contributed by atoms with Gasteiger partial charge in [0, 0.05) is 6.04 Å². The fourth-order valence-corrected chi connectivity index (χ4v) is 1.82. The first-order chi connectivity index (χ1) is 9.56. The number of nitrogens with one attached hydrogen (secondary N) is 2. The van der Waals surface area contributed by atoms with E-state index in [-0.39, 0.29) is 17.5 Å². The quantitative estimate of drug-likeness (QED) is 0.685. The van der Waals surface area contributed by atoms with Gasteiger partial charge in [0.15, 0.2) is 0 Å². The predicted octanol–water partition coefficient (Wildman–Crippen LogP) is 2.93. The number of benzene rings is 1. The molecule has 0 saturated heterocycles. The number of carboxylic acid groups (broad SMARTS) is 1. The molecule has 5 N–H and O–H groups in total. The van der Waals surface area contributed by atoms with Crippen LogP contribution in [-0.2, 0) is 0 Å². The molecule has 2 rings (SSSR count). The second-order valence-electron chi connectivity index (χ2n) is 4.34. The Balaban J connectivity index is 2.10. The minimum Gasteiger partial charge on any atom is -0.465 e. The molecule has 1 amide bonds. The number of nitrogen functional groups attached to an aromatic ring is 1. The highest BCUT2D eigenvalue weighted by Gasteiger charge is 2.08. The molecule has 0 spiro atoms. The smallest absolute Gasteiger partial charge is 0.409 e. The highest BCUT2D eigenvalue weighted by atomic mass is 16.4. The minimum absolute atomic E-state index is 0.0707. The van der Waals surface area contributed by atoms with E-state index in [1.165, 1.54) is 0 Å². The average Bonchev–Trinajstić information content (AvgIpc) is 2.42. The lowest BCUT2D eigenvalue weighted by Gasteiger charge is -2.15. The van der Waals surface area contributed by atoms with Crippen LogP contribution in [0.5, 0.6) is 0 Å². The summed E-state index contributed by atoms with van der Waals surface area (Å²) in [6, 6.07) is 13.3. The molecule has 104 valence electrons. The van der Waals surface area contributed by atoms with Crippen molar-refractivity contribution >= 4 is 23.4 Å². The maximum absolute atomic E-state index is 10.6. The lowest BCUT2D eigenvalue weighted by molar-refractivity contribution is 0.210. The number of pyridine rings is 1. The summed E-state index contributed by atoms with van der Waals surface area (Å²) in [6.45, 7) is 2.01. The molecule has 6 nitrogen and oxygen atoms in total. The first-order valence-electron chi connectivity index (χ1n) is 6.14. The molecule has 2 aromatic rings. The number of aromatic nitrogens is 1. The normalized spacial score (nSPS) is 11.7. The van der Waals surface area contributed by atoms with E-state index in [9.17, 15) is 4.79 Å². The van der Waals surface area contributed by atoms with Gasteiger partial charge in [0.25, 0.3) is 0 Å². The Bertz CT molecular complexity index is 601. The van der Waals surface area contributed by atoms with E-state index in [2.05, 4.69) is 15.6 Å². The van der Waals surface area contributed by atoms with Crippen LogP contribution in [0.4, 0.5) is 22.1 Å². The molecule has 1 aromatic heterocycles. The van der Waals surface area contributed by atoms with Gasteiger partial charge in [-0.25, -0.2) is 9.78 Å². The van der Waals surface area contributed by atoms with Gasteiger partial charge in [0.2, 0.25) is 0 Å². The van der Waals surface area contributed by atoms with Gasteiger partial charge in [-0.2, -0.15) is 0 Å². The zero-order chi connectivity index (χ0) is 14.5. The number of nitrogens with zero attached hydrogens (tertiary/aromatic N) is 1. The summed E-state index contributed by atoms with van der Waals surface area (Å²) in [5.41, 5.74) is 7.11. The molecule has 0 aliphatic carbocycles. The maximum atomic E-state index is 10.6. The van der Waals surface area contributed by atoms with Gasteiger partial charge in [-0.3, -0.25) is 5.32 Å². The van der Waals surface area contributed by atoms with Crippen LogP contribution in [0.15, 0.2) is 42.5 Å². The fourth-order valence-electron chi connectivity index (χ4n) is 1.82. The Morgan fingerprint density at radius 1 is 1.25 bits per heavy atom. The van der Waals surface area contributed by atoms with E-state index < -0.39 is 6.09 Å². The molecule has 0 radical (unpaired) electrons. The maximum Gasteiger partial charge on any atom is 0.409 e. The first-order valence-corrected chi connectivity index (χ1v) is 6.14. The molecule has 1 aromatic carbocycles. The summed E-state index contributed by atoms with van der Waals surface area (Å²) in [4.78, 5) is 14.7. The number of anilines is 3. The zero-order valence-corrected chi connectivity index (χ0v) is 11.0. The van der Waals surface area contributed by atoms with Crippen LogP contribution < -0.4 is 16.4 Å². The monoisotopic (exact) mass is 272 g/mol. The predicted molar refractivity (Wildman–Crippen MR) is 78.8 cm³/mol. The van der Waals surface area contributed by atoms with E-state index in [1.807, 2.05) is 37.3 Å². The third-order valence-electron chi connectivity index (χ3n) is 2.83. The second-order valence-corrected chi connectivity index (χ2v) is 4.34. The van der Waals surface area contributed by atoms with Crippen molar-refractivity contribution in [2.75, 3.05) is 16.4 Å². The SMILES string of the molecule is CC(Nc1ccc(NC(=O)O)c(N)n1)c1ccccc1. The van der Waals surface area contributed by atoms with E-state index in [1.54, 1.807) is 12.1 Å². The number of rotatable bonds is 4. The van der Waals surface area contributed by atoms with Crippen molar-refractivity contribution in [3.8, 4) is 0 Å². The van der Waals surface area contributed by atoms with Crippen LogP contribution in [0.1, 0.15) is 18.5 Å². The largest absolute Gasteiger partial charge is 0.465 e. The Kier molecular flexibility index (Phi) is 4.05. The van der Waals surface area contributed by atoms with Crippen molar-refractivity contribution in [3.05, 3.63) is 48.0 Å². The first kappa shape index (κ1) is 13.7. The van der Waals surface area contributed by atoms with Gasteiger partial charge < -0.3 is 16.2 Å². The molecule has 1 heterocycles. The Hall–Kier alpha value is -2.76. The Morgan fingerprint density at radius 2 is 1.95 bits per heavy atom. The third-order valence-corrected chi connectivity index (χ3v) is 2.83. The number of nitrogens with two attached hydrogens (primary N) is 1. The number of hydrogen-bond acceptors (Lipinski definition) is 4. The molecule has 6 heteroatoms. The topological polar surface area (TPSA) is 100 Å². The summed E-state index contributed by atoms with van der Waals surface area (Å²) in [7, 11) is 0. The highest BCUT2D eigenvalue weighted by molar-refractivity contribution is 5.86. The molecule has 0 aliphatic rings. The summed E-state index contributed by atoms with van der Waals surface area (Å²) >= 11 is 0. The van der Waals surface area contributed by atoms with Gasteiger partial charge >= 0.3 is 6.09 Å². The van der Waals surface area contributed by atoms with E-state index in [4.69, 9.17) is 10.8 Å². The van der Waals surface area contributed by atoms with Crippen LogP contribution in [0, 0.1) is 0 Å². The molecule has 0 saturated carbocycles. The van der Waals surface area contributed by atoms with Crippen molar-refractivity contribution in [1.29, 1.82) is 0 Å². The molecule has 0 fully saturated rings. The van der Waals surface area contributed by atoms with Crippen LogP contribution in [0.2, 0.25) is 0 Å². The molecule has 0 bridgehead atoms. The van der Waals surface area contributed by atoms with E-state index in [0.29, 0.717) is 5.82 Å². The Labute approximate surface area is 116 Å². The number of hydrogen-bond donors (Lipinski definition) is 4. The number of carbonyl (C=O) groups is 1. The van der Waals surface area contributed by atoms with Crippen molar-refractivity contribution < 1.29 is 9.90 Å². The van der Waals surface area contributed by atoms with Gasteiger partial charge in [-0.1, -0.05) is 30.3 Å². The summed E-state index contributed by atoms with van der Waals surface area (Å²) in [5, 5.41) is 14.0. The summed E-state index contributed by atoms with van der Waals surface area (Å²) < 4.78 is 0. The van der Waals surface area contributed by atoms with Crippen LogP contribution >= 0.6 is 0 Å². The molecular weight excluding hydrogens is 256 g/mol. The van der Waals surface area contributed by atoms with Gasteiger partial charge in [-0.15, -0.1) is 0 Å². The molecule has 1 unspecified atom stereocenters.